The third-order valence-electron chi connectivity index (χ3n) is 4.99. The maximum Gasteiger partial charge on any atom is 0.262 e. The van der Waals surface area contributed by atoms with E-state index < -0.39 is 0 Å². The van der Waals surface area contributed by atoms with Crippen LogP contribution in [0.15, 0.2) is 88.8 Å². The van der Waals surface area contributed by atoms with Crippen LogP contribution in [0.4, 0.5) is 4.39 Å². The summed E-state index contributed by atoms with van der Waals surface area (Å²) in [5.41, 5.74) is 2.42. The van der Waals surface area contributed by atoms with Crippen molar-refractivity contribution in [2.45, 2.75) is 18.1 Å². The highest BCUT2D eigenvalue weighted by Gasteiger charge is 2.13. The van der Waals surface area contributed by atoms with Crippen molar-refractivity contribution in [1.29, 1.82) is 0 Å². The SMILES string of the molecule is O=C(CSc1nc2ccccc2c(=O)n1Cc1ccccc1)NCCc1ccc(F)cc1. The highest BCUT2D eigenvalue weighted by atomic mass is 32.2. The van der Waals surface area contributed by atoms with Crippen molar-refractivity contribution in [2.24, 2.45) is 0 Å². The standard InChI is InChI=1S/C25H22FN3O2S/c26-20-12-10-18(11-13-20)14-15-27-23(30)17-32-25-28-22-9-5-4-8-21(22)24(31)29(25)16-19-6-2-1-3-7-19/h1-13H,14-17H2,(H,27,30). The summed E-state index contributed by atoms with van der Waals surface area (Å²) in [5.74, 6) is -0.285. The number of hydrogen-bond acceptors (Lipinski definition) is 4. The van der Waals surface area contributed by atoms with E-state index in [-0.39, 0.29) is 23.0 Å². The van der Waals surface area contributed by atoms with E-state index in [1.54, 1.807) is 28.8 Å². The van der Waals surface area contributed by atoms with Gasteiger partial charge in [-0.05, 0) is 41.8 Å². The zero-order valence-corrected chi connectivity index (χ0v) is 18.1. The number of hydrogen-bond donors (Lipinski definition) is 1. The summed E-state index contributed by atoms with van der Waals surface area (Å²) in [5, 5.41) is 3.93. The average molecular weight is 448 g/mol. The number of fused-ring (bicyclic) bond motifs is 1. The monoisotopic (exact) mass is 447 g/mol. The molecule has 0 bridgehead atoms. The molecule has 1 heterocycles. The molecule has 0 aliphatic carbocycles. The van der Waals surface area contributed by atoms with Crippen LogP contribution in [-0.2, 0) is 17.8 Å². The number of benzene rings is 3. The molecular formula is C25H22FN3O2S. The number of thioether (sulfide) groups is 1. The van der Waals surface area contributed by atoms with Crippen LogP contribution >= 0.6 is 11.8 Å². The van der Waals surface area contributed by atoms with Crippen molar-refractivity contribution in [3.63, 3.8) is 0 Å². The Hall–Kier alpha value is -3.45. The molecule has 0 saturated heterocycles. The van der Waals surface area contributed by atoms with E-state index in [4.69, 9.17) is 0 Å². The van der Waals surface area contributed by atoms with Gasteiger partial charge in [-0.3, -0.25) is 14.2 Å². The molecule has 0 fully saturated rings. The van der Waals surface area contributed by atoms with Crippen molar-refractivity contribution < 1.29 is 9.18 Å². The summed E-state index contributed by atoms with van der Waals surface area (Å²) in [6, 6.07) is 23.1. The number of carbonyl (C=O) groups is 1. The molecule has 5 nitrogen and oxygen atoms in total. The molecule has 0 unspecified atom stereocenters. The predicted molar refractivity (Wildman–Crippen MR) is 125 cm³/mol. The summed E-state index contributed by atoms with van der Waals surface area (Å²) in [6.07, 6.45) is 0.615. The molecule has 32 heavy (non-hydrogen) atoms. The lowest BCUT2D eigenvalue weighted by molar-refractivity contribution is -0.118. The highest BCUT2D eigenvalue weighted by molar-refractivity contribution is 7.99. The van der Waals surface area contributed by atoms with E-state index in [1.165, 1.54) is 23.9 Å². The van der Waals surface area contributed by atoms with Gasteiger partial charge in [-0.25, -0.2) is 9.37 Å². The second-order valence-corrected chi connectivity index (χ2v) is 8.25. The van der Waals surface area contributed by atoms with Gasteiger partial charge >= 0.3 is 0 Å². The quantitative estimate of drug-likeness (QED) is 0.327. The lowest BCUT2D eigenvalue weighted by atomic mass is 10.1. The Balaban J connectivity index is 1.46. The molecule has 0 aliphatic heterocycles. The van der Waals surface area contributed by atoms with Crippen molar-refractivity contribution in [1.82, 2.24) is 14.9 Å². The van der Waals surface area contributed by atoms with Crippen molar-refractivity contribution in [2.75, 3.05) is 12.3 Å². The van der Waals surface area contributed by atoms with Gasteiger partial charge in [-0.2, -0.15) is 0 Å². The van der Waals surface area contributed by atoms with Gasteiger partial charge in [0.05, 0.1) is 23.2 Å². The number of para-hydroxylation sites is 1. The number of amides is 1. The molecule has 4 aromatic rings. The van der Waals surface area contributed by atoms with Gasteiger partial charge in [-0.1, -0.05) is 66.4 Å². The Kier molecular flexibility index (Phi) is 6.97. The van der Waals surface area contributed by atoms with E-state index in [1.807, 2.05) is 42.5 Å². The number of nitrogens with one attached hydrogen (secondary N) is 1. The zero-order valence-electron chi connectivity index (χ0n) is 17.3. The molecular weight excluding hydrogens is 425 g/mol. The highest BCUT2D eigenvalue weighted by Crippen LogP contribution is 2.19. The maximum absolute atomic E-state index is 13.1. The molecule has 3 aromatic carbocycles. The summed E-state index contributed by atoms with van der Waals surface area (Å²) in [6.45, 7) is 0.832. The number of halogens is 1. The molecule has 4 rings (SSSR count). The molecule has 0 radical (unpaired) electrons. The van der Waals surface area contributed by atoms with E-state index in [0.717, 1.165) is 11.1 Å². The van der Waals surface area contributed by atoms with E-state index >= 15 is 0 Å². The fourth-order valence-corrected chi connectivity index (χ4v) is 4.17. The second-order valence-electron chi connectivity index (χ2n) is 7.30. The Morgan fingerprint density at radius 2 is 1.66 bits per heavy atom. The zero-order chi connectivity index (χ0) is 22.3. The molecule has 1 aromatic heterocycles. The first-order chi connectivity index (χ1) is 15.6. The van der Waals surface area contributed by atoms with Gasteiger partial charge in [0.25, 0.3) is 5.56 Å². The fraction of sp³-hybridized carbons (Fsp3) is 0.160. The van der Waals surface area contributed by atoms with Gasteiger partial charge in [0, 0.05) is 6.54 Å². The Morgan fingerprint density at radius 1 is 0.938 bits per heavy atom. The smallest absolute Gasteiger partial charge is 0.262 e. The largest absolute Gasteiger partial charge is 0.355 e. The Morgan fingerprint density at radius 3 is 2.44 bits per heavy atom. The van der Waals surface area contributed by atoms with Crippen LogP contribution in [-0.4, -0.2) is 27.8 Å². The maximum atomic E-state index is 13.1. The van der Waals surface area contributed by atoms with E-state index in [0.29, 0.717) is 35.6 Å². The van der Waals surface area contributed by atoms with Crippen molar-refractivity contribution in [3.05, 3.63) is 106 Å². The topological polar surface area (TPSA) is 64.0 Å². The molecule has 162 valence electrons. The van der Waals surface area contributed by atoms with Gasteiger partial charge in [0.1, 0.15) is 5.82 Å². The van der Waals surface area contributed by atoms with Crippen LogP contribution in [0.1, 0.15) is 11.1 Å². The third-order valence-corrected chi connectivity index (χ3v) is 5.97. The van der Waals surface area contributed by atoms with E-state index in [2.05, 4.69) is 10.3 Å². The van der Waals surface area contributed by atoms with Gasteiger partial charge in [0.15, 0.2) is 5.16 Å². The lowest BCUT2D eigenvalue weighted by Gasteiger charge is -2.13. The molecule has 0 spiro atoms. The van der Waals surface area contributed by atoms with E-state index in [9.17, 15) is 14.0 Å². The molecule has 0 saturated carbocycles. The average Bonchev–Trinajstić information content (AvgIpc) is 2.82. The minimum absolute atomic E-state index is 0.126. The second kappa shape index (κ2) is 10.2. The number of carbonyl (C=O) groups excluding carboxylic acids is 1. The number of nitrogens with zero attached hydrogens (tertiary/aromatic N) is 2. The van der Waals surface area contributed by atoms with Crippen molar-refractivity contribution >= 4 is 28.6 Å². The van der Waals surface area contributed by atoms with Crippen LogP contribution in [0, 0.1) is 5.82 Å². The van der Waals surface area contributed by atoms with Crippen LogP contribution in [0.3, 0.4) is 0 Å². The van der Waals surface area contributed by atoms with Crippen molar-refractivity contribution in [3.8, 4) is 0 Å². The summed E-state index contributed by atoms with van der Waals surface area (Å²) < 4.78 is 14.6. The van der Waals surface area contributed by atoms with Gasteiger partial charge in [-0.15, -0.1) is 0 Å². The first kappa shape index (κ1) is 21.8. The third kappa shape index (κ3) is 5.42. The first-order valence-corrected chi connectivity index (χ1v) is 11.3. The predicted octanol–water partition coefficient (Wildman–Crippen LogP) is 4.03. The lowest BCUT2D eigenvalue weighted by Crippen LogP contribution is -2.28. The van der Waals surface area contributed by atoms with Crippen LogP contribution in [0.5, 0.6) is 0 Å². The number of rotatable bonds is 8. The summed E-state index contributed by atoms with van der Waals surface area (Å²) in [4.78, 5) is 30.2. The molecule has 0 atom stereocenters. The molecule has 7 heteroatoms. The Labute approximate surface area is 189 Å². The normalized spacial score (nSPS) is 10.9. The summed E-state index contributed by atoms with van der Waals surface area (Å²) >= 11 is 1.24. The molecule has 0 aliphatic rings. The molecule has 1 amide bonds. The van der Waals surface area contributed by atoms with Crippen LogP contribution in [0.2, 0.25) is 0 Å². The van der Waals surface area contributed by atoms with Gasteiger partial charge in [0.2, 0.25) is 5.91 Å². The Bertz CT molecular complexity index is 1270. The van der Waals surface area contributed by atoms with Crippen LogP contribution < -0.4 is 10.9 Å². The summed E-state index contributed by atoms with van der Waals surface area (Å²) in [7, 11) is 0. The van der Waals surface area contributed by atoms with Crippen LogP contribution in [0.25, 0.3) is 10.9 Å². The molecule has 1 N–H and O–H groups in total. The minimum atomic E-state index is -0.279. The number of aromatic nitrogens is 2. The first-order valence-electron chi connectivity index (χ1n) is 10.3. The fourth-order valence-electron chi connectivity index (χ4n) is 3.34. The minimum Gasteiger partial charge on any atom is -0.355 e. The van der Waals surface area contributed by atoms with Gasteiger partial charge < -0.3 is 5.32 Å².